The van der Waals surface area contributed by atoms with Gasteiger partial charge in [-0.1, -0.05) is 0 Å². The maximum Gasteiger partial charge on any atom is 0.359 e. The van der Waals surface area contributed by atoms with Gasteiger partial charge >= 0.3 is 5.97 Å². The van der Waals surface area contributed by atoms with Gasteiger partial charge in [0.1, 0.15) is 0 Å². The predicted octanol–water partition coefficient (Wildman–Crippen LogP) is 0.00548. The number of rotatable bonds is 5. The highest BCUT2D eigenvalue weighted by atomic mass is 16.5. The van der Waals surface area contributed by atoms with Crippen molar-refractivity contribution in [3.63, 3.8) is 0 Å². The fourth-order valence-corrected chi connectivity index (χ4v) is 1.06. The van der Waals surface area contributed by atoms with Gasteiger partial charge in [-0.2, -0.15) is 5.26 Å². The Morgan fingerprint density at radius 1 is 1.50 bits per heavy atom. The first kappa shape index (κ1) is 13.6. The van der Waals surface area contributed by atoms with E-state index in [1.165, 1.54) is 30.5 Å². The lowest BCUT2D eigenvalue weighted by Crippen LogP contribution is -2.32. The van der Waals surface area contributed by atoms with Gasteiger partial charge in [0.25, 0.3) is 5.91 Å². The minimum absolute atomic E-state index is 0.0463. The molecule has 0 aliphatic rings. The maximum atomic E-state index is 11.5. The molecule has 1 aromatic rings. The molecular weight excluding hydrogens is 236 g/mol. The molecule has 7 heteroatoms. The van der Waals surface area contributed by atoms with Crippen molar-refractivity contribution in [2.45, 2.75) is 6.42 Å². The third-order valence-electron chi connectivity index (χ3n) is 2.08. The Morgan fingerprint density at radius 3 is 2.89 bits per heavy atom. The van der Waals surface area contributed by atoms with Gasteiger partial charge in [0.15, 0.2) is 12.3 Å². The Morgan fingerprint density at radius 2 is 2.28 bits per heavy atom. The van der Waals surface area contributed by atoms with Gasteiger partial charge < -0.3 is 9.64 Å². The topological polar surface area (TPSA) is 96.2 Å². The van der Waals surface area contributed by atoms with Crippen LogP contribution in [0.25, 0.3) is 0 Å². The summed E-state index contributed by atoms with van der Waals surface area (Å²) in [4.78, 5) is 31.7. The van der Waals surface area contributed by atoms with Crippen LogP contribution in [-0.2, 0) is 9.53 Å². The number of hydrogen-bond acceptors (Lipinski definition) is 6. The van der Waals surface area contributed by atoms with Gasteiger partial charge in [0, 0.05) is 26.0 Å². The van der Waals surface area contributed by atoms with E-state index >= 15 is 0 Å². The summed E-state index contributed by atoms with van der Waals surface area (Å²) in [5, 5.41) is 8.38. The second-order valence-electron chi connectivity index (χ2n) is 3.39. The number of carbonyl (C=O) groups is 2. The SMILES string of the molecule is CN(CCC#N)C(=O)COC(=O)c1cnccn1. The first-order chi connectivity index (χ1) is 8.65. The van der Waals surface area contributed by atoms with E-state index in [1.54, 1.807) is 0 Å². The summed E-state index contributed by atoms with van der Waals surface area (Å²) in [6, 6.07) is 1.92. The number of likely N-dealkylation sites (N-methyl/N-ethyl adjacent to an activating group) is 1. The summed E-state index contributed by atoms with van der Waals surface area (Å²) in [5.41, 5.74) is 0.0463. The van der Waals surface area contributed by atoms with Crippen molar-refractivity contribution in [2.24, 2.45) is 0 Å². The second kappa shape index (κ2) is 6.96. The molecule has 0 N–H and O–H groups in total. The fraction of sp³-hybridized carbons (Fsp3) is 0.364. The quantitative estimate of drug-likeness (QED) is 0.681. The lowest BCUT2D eigenvalue weighted by atomic mass is 10.4. The van der Waals surface area contributed by atoms with Crippen molar-refractivity contribution in [3.8, 4) is 6.07 Å². The number of amides is 1. The molecule has 94 valence electrons. The average molecular weight is 248 g/mol. The monoisotopic (exact) mass is 248 g/mol. The standard InChI is InChI=1S/C11H12N4O3/c1-15(6-2-3-12)10(16)8-18-11(17)9-7-13-4-5-14-9/h4-5,7H,2,6,8H2,1H3. The molecule has 0 fully saturated rings. The van der Waals surface area contributed by atoms with Gasteiger partial charge in [-0.25, -0.2) is 9.78 Å². The van der Waals surface area contributed by atoms with Crippen molar-refractivity contribution in [1.82, 2.24) is 14.9 Å². The Balaban J connectivity index is 2.39. The minimum Gasteiger partial charge on any atom is -0.451 e. The van der Waals surface area contributed by atoms with Crippen LogP contribution in [0.1, 0.15) is 16.9 Å². The molecule has 0 bridgehead atoms. The van der Waals surface area contributed by atoms with Crippen LogP contribution in [0.3, 0.4) is 0 Å². The van der Waals surface area contributed by atoms with Gasteiger partial charge in [-0.3, -0.25) is 9.78 Å². The van der Waals surface area contributed by atoms with Gasteiger partial charge in [0.05, 0.1) is 18.7 Å². The largest absolute Gasteiger partial charge is 0.451 e. The highest BCUT2D eigenvalue weighted by Crippen LogP contribution is 1.96. The third-order valence-corrected chi connectivity index (χ3v) is 2.08. The smallest absolute Gasteiger partial charge is 0.359 e. The zero-order chi connectivity index (χ0) is 13.4. The fourth-order valence-electron chi connectivity index (χ4n) is 1.06. The molecule has 1 rings (SSSR count). The summed E-state index contributed by atoms with van der Waals surface area (Å²) in [7, 11) is 1.54. The third kappa shape index (κ3) is 4.17. The second-order valence-corrected chi connectivity index (χ2v) is 3.39. The molecule has 0 atom stereocenters. The lowest BCUT2D eigenvalue weighted by molar-refractivity contribution is -0.133. The number of hydrogen-bond donors (Lipinski definition) is 0. The minimum atomic E-state index is -0.704. The van der Waals surface area contributed by atoms with Crippen molar-refractivity contribution < 1.29 is 14.3 Å². The molecule has 1 aromatic heterocycles. The van der Waals surface area contributed by atoms with Crippen molar-refractivity contribution >= 4 is 11.9 Å². The lowest BCUT2D eigenvalue weighted by Gasteiger charge is -2.14. The molecule has 0 spiro atoms. The summed E-state index contributed by atoms with van der Waals surface area (Å²) >= 11 is 0. The molecule has 0 aliphatic heterocycles. The van der Waals surface area contributed by atoms with E-state index < -0.39 is 5.97 Å². The van der Waals surface area contributed by atoms with Crippen LogP contribution in [0.5, 0.6) is 0 Å². The van der Waals surface area contributed by atoms with Crippen LogP contribution in [0.15, 0.2) is 18.6 Å². The molecule has 1 heterocycles. The molecule has 0 aromatic carbocycles. The summed E-state index contributed by atoms with van der Waals surface area (Å²) in [5.74, 6) is -1.08. The zero-order valence-corrected chi connectivity index (χ0v) is 9.87. The summed E-state index contributed by atoms with van der Waals surface area (Å²) in [6.45, 7) is -0.0740. The Hall–Kier alpha value is -2.49. The number of aromatic nitrogens is 2. The summed E-state index contributed by atoms with van der Waals surface area (Å²) in [6.07, 6.45) is 4.28. The van der Waals surface area contributed by atoms with E-state index in [0.29, 0.717) is 6.54 Å². The van der Waals surface area contributed by atoms with Crippen LogP contribution in [0, 0.1) is 11.3 Å². The van der Waals surface area contributed by atoms with Gasteiger partial charge in [-0.15, -0.1) is 0 Å². The summed E-state index contributed by atoms with van der Waals surface area (Å²) < 4.78 is 4.78. The Labute approximate surface area is 104 Å². The van der Waals surface area contributed by atoms with Crippen molar-refractivity contribution in [3.05, 3.63) is 24.3 Å². The number of nitriles is 1. The Bertz CT molecular complexity index is 455. The highest BCUT2D eigenvalue weighted by Gasteiger charge is 2.13. The zero-order valence-electron chi connectivity index (χ0n) is 9.87. The molecule has 0 saturated carbocycles. The number of nitrogens with zero attached hydrogens (tertiary/aromatic N) is 4. The van der Waals surface area contributed by atoms with E-state index in [9.17, 15) is 9.59 Å². The number of carbonyl (C=O) groups excluding carboxylic acids is 2. The molecule has 0 radical (unpaired) electrons. The number of ether oxygens (including phenoxy) is 1. The van der Waals surface area contributed by atoms with E-state index in [0.717, 1.165) is 0 Å². The normalized spacial score (nSPS) is 9.33. The van der Waals surface area contributed by atoms with Crippen molar-refractivity contribution in [1.29, 1.82) is 5.26 Å². The molecule has 0 aliphatic carbocycles. The average Bonchev–Trinajstić information content (AvgIpc) is 2.42. The van der Waals surface area contributed by atoms with Crippen LogP contribution in [0.2, 0.25) is 0 Å². The van der Waals surface area contributed by atoms with Crippen LogP contribution >= 0.6 is 0 Å². The van der Waals surface area contributed by atoms with E-state index in [2.05, 4.69) is 9.97 Å². The van der Waals surface area contributed by atoms with Crippen LogP contribution < -0.4 is 0 Å². The van der Waals surface area contributed by atoms with Crippen LogP contribution in [0.4, 0.5) is 0 Å². The first-order valence-electron chi connectivity index (χ1n) is 5.19. The van der Waals surface area contributed by atoms with E-state index in [1.807, 2.05) is 6.07 Å². The number of esters is 1. The van der Waals surface area contributed by atoms with Crippen molar-refractivity contribution in [2.75, 3.05) is 20.2 Å². The van der Waals surface area contributed by atoms with E-state index in [-0.39, 0.29) is 24.6 Å². The molecule has 0 saturated heterocycles. The van der Waals surface area contributed by atoms with Crippen LogP contribution in [-0.4, -0.2) is 46.9 Å². The molecule has 0 unspecified atom stereocenters. The molecule has 18 heavy (non-hydrogen) atoms. The highest BCUT2D eigenvalue weighted by molar-refractivity contribution is 5.89. The first-order valence-corrected chi connectivity index (χ1v) is 5.19. The molecule has 7 nitrogen and oxygen atoms in total. The molecule has 1 amide bonds. The van der Waals surface area contributed by atoms with Gasteiger partial charge in [-0.05, 0) is 0 Å². The van der Waals surface area contributed by atoms with E-state index in [4.69, 9.17) is 10.00 Å². The molecular formula is C11H12N4O3. The Kier molecular flexibility index (Phi) is 5.25. The van der Waals surface area contributed by atoms with Gasteiger partial charge in [0.2, 0.25) is 0 Å². The predicted molar refractivity (Wildman–Crippen MR) is 60.2 cm³/mol. The maximum absolute atomic E-state index is 11.5.